The molecular formula is C14H20ClN3O4S. The Bertz CT molecular complexity index is 685. The second-order valence-corrected chi connectivity index (χ2v) is 7.66. The molecule has 0 aliphatic carbocycles. The van der Waals surface area contributed by atoms with E-state index in [1.807, 2.05) is 0 Å². The first kappa shape index (κ1) is 18.0. The summed E-state index contributed by atoms with van der Waals surface area (Å²) in [6.07, 6.45) is 0. The molecule has 1 amide bonds. The number of benzene rings is 1. The molecule has 1 saturated heterocycles. The molecular weight excluding hydrogens is 342 g/mol. The summed E-state index contributed by atoms with van der Waals surface area (Å²) in [5.41, 5.74) is 5.58. The molecule has 23 heavy (non-hydrogen) atoms. The fourth-order valence-electron chi connectivity index (χ4n) is 2.43. The Morgan fingerprint density at radius 1 is 1.30 bits per heavy atom. The molecule has 2 N–H and O–H groups in total. The van der Waals surface area contributed by atoms with Crippen molar-refractivity contribution in [1.82, 2.24) is 9.21 Å². The summed E-state index contributed by atoms with van der Waals surface area (Å²) in [5, 5.41) is 0.315. The molecule has 128 valence electrons. The highest BCUT2D eigenvalue weighted by Crippen LogP contribution is 2.30. The van der Waals surface area contributed by atoms with Gasteiger partial charge in [0.25, 0.3) is 0 Å². The van der Waals surface area contributed by atoms with E-state index in [2.05, 4.69) is 0 Å². The number of amides is 1. The number of sulfonamides is 1. The maximum Gasteiger partial charge on any atom is 0.246 e. The maximum atomic E-state index is 12.8. The maximum absolute atomic E-state index is 12.8. The van der Waals surface area contributed by atoms with Gasteiger partial charge in [-0.1, -0.05) is 11.6 Å². The zero-order chi connectivity index (χ0) is 17.2. The van der Waals surface area contributed by atoms with Gasteiger partial charge in [-0.25, -0.2) is 8.42 Å². The van der Waals surface area contributed by atoms with Crippen molar-refractivity contribution in [2.24, 2.45) is 5.73 Å². The third-order valence-electron chi connectivity index (χ3n) is 3.68. The number of rotatable bonds is 4. The summed E-state index contributed by atoms with van der Waals surface area (Å²) >= 11 is 5.91. The van der Waals surface area contributed by atoms with Crippen molar-refractivity contribution in [3.05, 3.63) is 23.2 Å². The first-order chi connectivity index (χ1) is 10.8. The molecule has 1 fully saturated rings. The molecule has 0 aromatic heterocycles. The van der Waals surface area contributed by atoms with E-state index in [-0.39, 0.29) is 29.6 Å². The van der Waals surface area contributed by atoms with E-state index >= 15 is 0 Å². The number of carbonyl (C=O) groups excluding carboxylic acids is 1. The van der Waals surface area contributed by atoms with Gasteiger partial charge in [-0.3, -0.25) is 4.79 Å². The van der Waals surface area contributed by atoms with Crippen molar-refractivity contribution in [3.63, 3.8) is 0 Å². The zero-order valence-corrected chi connectivity index (χ0v) is 14.6. The van der Waals surface area contributed by atoms with Gasteiger partial charge >= 0.3 is 0 Å². The van der Waals surface area contributed by atoms with Crippen LogP contribution in [0.25, 0.3) is 0 Å². The number of ether oxygens (including phenoxy) is 1. The summed E-state index contributed by atoms with van der Waals surface area (Å²) in [6, 6.07) is 3.87. The van der Waals surface area contributed by atoms with E-state index in [4.69, 9.17) is 22.1 Å². The lowest BCUT2D eigenvalue weighted by Gasteiger charge is -2.35. The number of methoxy groups -OCH3 is 1. The Balaban J connectivity index is 2.20. The van der Waals surface area contributed by atoms with Crippen molar-refractivity contribution in [2.75, 3.05) is 33.3 Å². The molecule has 0 saturated carbocycles. The van der Waals surface area contributed by atoms with Crippen LogP contribution in [0.1, 0.15) is 6.92 Å². The van der Waals surface area contributed by atoms with Crippen LogP contribution in [0.4, 0.5) is 0 Å². The van der Waals surface area contributed by atoms with Crippen LogP contribution in [0, 0.1) is 0 Å². The number of piperazine rings is 1. The van der Waals surface area contributed by atoms with Crippen molar-refractivity contribution in [3.8, 4) is 5.75 Å². The quantitative estimate of drug-likeness (QED) is 0.844. The third kappa shape index (κ3) is 3.77. The molecule has 1 atom stereocenters. The second-order valence-electron chi connectivity index (χ2n) is 5.31. The molecule has 2 rings (SSSR count). The van der Waals surface area contributed by atoms with Gasteiger partial charge in [0.15, 0.2) is 0 Å². The van der Waals surface area contributed by atoms with Crippen molar-refractivity contribution >= 4 is 27.5 Å². The Morgan fingerprint density at radius 3 is 2.43 bits per heavy atom. The van der Waals surface area contributed by atoms with Gasteiger partial charge in [0, 0.05) is 31.2 Å². The van der Waals surface area contributed by atoms with Gasteiger partial charge in [-0.15, -0.1) is 0 Å². The monoisotopic (exact) mass is 361 g/mol. The van der Waals surface area contributed by atoms with Crippen LogP contribution < -0.4 is 10.5 Å². The number of nitrogens with two attached hydrogens (primary N) is 1. The van der Waals surface area contributed by atoms with E-state index in [9.17, 15) is 13.2 Å². The number of hydrogen-bond donors (Lipinski definition) is 1. The minimum Gasteiger partial charge on any atom is -0.495 e. The van der Waals surface area contributed by atoms with Crippen LogP contribution >= 0.6 is 11.6 Å². The van der Waals surface area contributed by atoms with Crippen LogP contribution in [0.2, 0.25) is 5.02 Å². The van der Waals surface area contributed by atoms with Crippen LogP contribution in [-0.4, -0.2) is 62.9 Å². The molecule has 0 spiro atoms. The predicted molar refractivity (Wildman–Crippen MR) is 87.0 cm³/mol. The normalized spacial score (nSPS) is 17.8. The molecule has 1 unspecified atom stereocenters. The first-order valence-corrected chi connectivity index (χ1v) is 8.97. The van der Waals surface area contributed by atoms with E-state index < -0.39 is 16.1 Å². The van der Waals surface area contributed by atoms with E-state index in [1.165, 1.54) is 23.5 Å². The number of carbonyl (C=O) groups is 1. The Labute approximate surface area is 141 Å². The van der Waals surface area contributed by atoms with Crippen molar-refractivity contribution in [2.45, 2.75) is 17.9 Å². The van der Waals surface area contributed by atoms with Gasteiger partial charge in [0.1, 0.15) is 10.6 Å². The Morgan fingerprint density at radius 2 is 1.91 bits per heavy atom. The smallest absolute Gasteiger partial charge is 0.246 e. The molecule has 1 heterocycles. The van der Waals surface area contributed by atoms with Gasteiger partial charge in [0.2, 0.25) is 15.9 Å². The standard InChI is InChI=1S/C14H20ClN3O4S/c1-10(16)14(19)17-5-7-18(8-6-17)23(20,21)13-9-11(15)3-4-12(13)22-2/h3-4,9-10H,5-8,16H2,1-2H3. The zero-order valence-electron chi connectivity index (χ0n) is 13.0. The second kappa shape index (κ2) is 7.04. The highest BCUT2D eigenvalue weighted by Gasteiger charge is 2.32. The average molecular weight is 362 g/mol. The van der Waals surface area contributed by atoms with E-state index in [0.717, 1.165) is 0 Å². The van der Waals surface area contributed by atoms with E-state index in [0.29, 0.717) is 18.1 Å². The molecule has 0 radical (unpaired) electrons. The third-order valence-corrected chi connectivity index (χ3v) is 5.84. The Hall–Kier alpha value is -1.35. The topological polar surface area (TPSA) is 92.9 Å². The van der Waals surface area contributed by atoms with Gasteiger partial charge < -0.3 is 15.4 Å². The fraction of sp³-hybridized carbons (Fsp3) is 0.500. The molecule has 9 heteroatoms. The predicted octanol–water partition coefficient (Wildman–Crippen LogP) is 0.529. The minimum absolute atomic E-state index is 0.0273. The van der Waals surface area contributed by atoms with Crippen LogP contribution in [-0.2, 0) is 14.8 Å². The number of nitrogens with zero attached hydrogens (tertiary/aromatic N) is 2. The number of hydrogen-bond acceptors (Lipinski definition) is 5. The first-order valence-electron chi connectivity index (χ1n) is 7.15. The van der Waals surface area contributed by atoms with Gasteiger partial charge in [0.05, 0.1) is 13.2 Å². The van der Waals surface area contributed by atoms with Crippen molar-refractivity contribution in [1.29, 1.82) is 0 Å². The summed E-state index contributed by atoms with van der Waals surface area (Å²) < 4.78 is 32.0. The van der Waals surface area contributed by atoms with Crippen LogP contribution in [0.15, 0.2) is 23.1 Å². The average Bonchev–Trinajstić information content (AvgIpc) is 2.54. The lowest BCUT2D eigenvalue weighted by molar-refractivity contribution is -0.133. The van der Waals surface area contributed by atoms with Gasteiger partial charge in [-0.2, -0.15) is 4.31 Å². The summed E-state index contributed by atoms with van der Waals surface area (Å²) in [5.74, 6) is 0.0610. The minimum atomic E-state index is -3.74. The summed E-state index contributed by atoms with van der Waals surface area (Å²) in [7, 11) is -2.34. The summed E-state index contributed by atoms with van der Waals surface area (Å²) in [6.45, 7) is 2.64. The lowest BCUT2D eigenvalue weighted by Crippen LogP contribution is -2.53. The van der Waals surface area contributed by atoms with Gasteiger partial charge in [-0.05, 0) is 25.1 Å². The highest BCUT2D eigenvalue weighted by atomic mass is 35.5. The SMILES string of the molecule is COc1ccc(Cl)cc1S(=O)(=O)N1CCN(C(=O)C(C)N)CC1. The lowest BCUT2D eigenvalue weighted by atomic mass is 10.2. The highest BCUT2D eigenvalue weighted by molar-refractivity contribution is 7.89. The van der Waals surface area contributed by atoms with E-state index in [1.54, 1.807) is 17.9 Å². The summed E-state index contributed by atoms with van der Waals surface area (Å²) in [4.78, 5) is 13.5. The van der Waals surface area contributed by atoms with Crippen LogP contribution in [0.3, 0.4) is 0 Å². The van der Waals surface area contributed by atoms with Crippen LogP contribution in [0.5, 0.6) is 5.75 Å². The Kier molecular flexibility index (Phi) is 5.51. The molecule has 0 bridgehead atoms. The molecule has 1 aromatic rings. The molecule has 1 aromatic carbocycles. The molecule has 7 nitrogen and oxygen atoms in total. The molecule has 1 aliphatic heterocycles. The largest absolute Gasteiger partial charge is 0.495 e. The number of halogens is 1. The fourth-order valence-corrected chi connectivity index (χ4v) is 4.27. The molecule has 1 aliphatic rings. The van der Waals surface area contributed by atoms with Crippen molar-refractivity contribution < 1.29 is 17.9 Å².